The van der Waals surface area contributed by atoms with Crippen LogP contribution in [0.1, 0.15) is 19.8 Å². The molecule has 27 heavy (non-hydrogen) atoms. The first-order valence-electron chi connectivity index (χ1n) is 9.16. The van der Waals surface area contributed by atoms with Gasteiger partial charge in [-0.2, -0.15) is 4.98 Å². The van der Waals surface area contributed by atoms with Crippen LogP contribution in [0.5, 0.6) is 0 Å². The van der Waals surface area contributed by atoms with E-state index in [4.69, 9.17) is 0 Å². The number of para-hydroxylation sites is 1. The molecule has 1 fully saturated rings. The lowest BCUT2D eigenvalue weighted by Crippen LogP contribution is -2.34. The molecule has 1 aromatic carbocycles. The first kappa shape index (κ1) is 17.3. The summed E-state index contributed by atoms with van der Waals surface area (Å²) in [4.78, 5) is 31.5. The summed E-state index contributed by atoms with van der Waals surface area (Å²) in [5.41, 5.74) is 0.304. The number of nitrogens with one attached hydrogen (secondary N) is 1. The van der Waals surface area contributed by atoms with E-state index in [9.17, 15) is 9.59 Å². The summed E-state index contributed by atoms with van der Waals surface area (Å²) in [6.45, 7) is 3.98. The van der Waals surface area contributed by atoms with Crippen molar-refractivity contribution < 1.29 is 4.79 Å². The molecule has 0 saturated carbocycles. The molecular formula is C19H22N6O2. The second-order valence-electron chi connectivity index (χ2n) is 7.00. The zero-order valence-corrected chi connectivity index (χ0v) is 15.2. The second-order valence-corrected chi connectivity index (χ2v) is 7.00. The number of carbonyl (C=O) groups is 1. The molecular weight excluding hydrogens is 344 g/mol. The topological polar surface area (TPSA) is 84.5 Å². The quantitative estimate of drug-likeness (QED) is 0.761. The largest absolute Gasteiger partial charge is 0.356 e. The Hall–Kier alpha value is -3.16. The van der Waals surface area contributed by atoms with Crippen LogP contribution in [0.4, 0.5) is 11.5 Å². The summed E-state index contributed by atoms with van der Waals surface area (Å²) >= 11 is 0. The van der Waals surface area contributed by atoms with Crippen molar-refractivity contribution in [1.29, 1.82) is 0 Å². The fourth-order valence-corrected chi connectivity index (χ4v) is 3.43. The van der Waals surface area contributed by atoms with Crippen molar-refractivity contribution in [3.8, 4) is 0 Å². The van der Waals surface area contributed by atoms with Crippen molar-refractivity contribution in [2.75, 3.05) is 23.3 Å². The molecule has 8 nitrogen and oxygen atoms in total. The van der Waals surface area contributed by atoms with E-state index in [2.05, 4.69) is 27.2 Å². The molecule has 4 rings (SSSR count). The first-order chi connectivity index (χ1) is 13.1. The molecule has 3 aromatic rings. The second kappa shape index (κ2) is 7.22. The summed E-state index contributed by atoms with van der Waals surface area (Å²) in [5, 5.41) is 6.99. The number of piperidine rings is 1. The van der Waals surface area contributed by atoms with E-state index in [1.807, 2.05) is 24.3 Å². The average molecular weight is 366 g/mol. The molecule has 1 amide bonds. The number of fused-ring (bicyclic) bond motifs is 1. The summed E-state index contributed by atoms with van der Waals surface area (Å²) in [6.07, 6.45) is 4.04. The minimum absolute atomic E-state index is 0.160. The number of nitrogens with zero attached hydrogens (tertiary/aromatic N) is 5. The molecule has 1 aliphatic rings. The van der Waals surface area contributed by atoms with Gasteiger partial charge in [-0.25, -0.2) is 13.9 Å². The van der Waals surface area contributed by atoms with Gasteiger partial charge < -0.3 is 10.2 Å². The van der Waals surface area contributed by atoms with Gasteiger partial charge in [0.1, 0.15) is 12.4 Å². The Kier molecular flexibility index (Phi) is 4.62. The average Bonchev–Trinajstić information content (AvgIpc) is 2.97. The molecule has 1 saturated heterocycles. The van der Waals surface area contributed by atoms with Gasteiger partial charge in [0.25, 0.3) is 5.78 Å². The Labute approximate surface area is 156 Å². The number of anilines is 2. The first-order valence-corrected chi connectivity index (χ1v) is 9.16. The van der Waals surface area contributed by atoms with Gasteiger partial charge in [-0.3, -0.25) is 4.79 Å². The molecule has 1 N–H and O–H groups in total. The normalized spacial score (nSPS) is 17.2. The van der Waals surface area contributed by atoms with E-state index in [1.165, 1.54) is 10.8 Å². The Morgan fingerprint density at radius 2 is 2.07 bits per heavy atom. The SMILES string of the molecule is CC1CCCN(c2ccn3c(=O)n(CC(=O)Nc4ccccc4)nc3n2)C1. The monoisotopic (exact) mass is 366 g/mol. The van der Waals surface area contributed by atoms with Crippen LogP contribution in [0.15, 0.2) is 47.4 Å². The molecule has 0 bridgehead atoms. The minimum atomic E-state index is -0.376. The van der Waals surface area contributed by atoms with Gasteiger partial charge in [0.05, 0.1) is 0 Å². The molecule has 8 heteroatoms. The van der Waals surface area contributed by atoms with Crippen LogP contribution < -0.4 is 15.9 Å². The maximum atomic E-state index is 12.5. The van der Waals surface area contributed by atoms with Gasteiger partial charge in [0.2, 0.25) is 5.91 Å². The van der Waals surface area contributed by atoms with Gasteiger partial charge in [-0.15, -0.1) is 5.10 Å². The fraction of sp³-hybridized carbons (Fsp3) is 0.368. The third kappa shape index (κ3) is 3.69. The highest BCUT2D eigenvalue weighted by Gasteiger charge is 2.19. The van der Waals surface area contributed by atoms with Crippen molar-refractivity contribution in [2.45, 2.75) is 26.3 Å². The Morgan fingerprint density at radius 1 is 1.26 bits per heavy atom. The molecule has 0 spiro atoms. The third-order valence-corrected chi connectivity index (χ3v) is 4.77. The van der Waals surface area contributed by atoms with Crippen LogP contribution in [-0.2, 0) is 11.3 Å². The van der Waals surface area contributed by atoms with Crippen molar-refractivity contribution in [1.82, 2.24) is 19.2 Å². The summed E-state index contributed by atoms with van der Waals surface area (Å²) in [5.74, 6) is 1.44. The molecule has 3 heterocycles. The lowest BCUT2D eigenvalue weighted by molar-refractivity contribution is -0.117. The maximum Gasteiger partial charge on any atom is 0.352 e. The zero-order valence-electron chi connectivity index (χ0n) is 15.2. The predicted octanol–water partition coefficient (Wildman–Crippen LogP) is 1.77. The highest BCUT2D eigenvalue weighted by atomic mass is 16.2. The number of aromatic nitrogens is 4. The van der Waals surface area contributed by atoms with Gasteiger partial charge in [0.15, 0.2) is 0 Å². The molecule has 1 unspecified atom stereocenters. The number of carbonyl (C=O) groups excluding carboxylic acids is 1. The summed E-state index contributed by atoms with van der Waals surface area (Å²) in [7, 11) is 0. The highest BCUT2D eigenvalue weighted by Crippen LogP contribution is 2.21. The van der Waals surface area contributed by atoms with Crippen LogP contribution in [0.2, 0.25) is 0 Å². The third-order valence-electron chi connectivity index (χ3n) is 4.77. The molecule has 140 valence electrons. The Bertz CT molecular complexity index is 1010. The van der Waals surface area contributed by atoms with Crippen LogP contribution in [0.25, 0.3) is 5.78 Å². The lowest BCUT2D eigenvalue weighted by atomic mass is 10.0. The molecule has 1 aliphatic heterocycles. The number of hydrogen-bond donors (Lipinski definition) is 1. The van der Waals surface area contributed by atoms with E-state index in [0.717, 1.165) is 30.0 Å². The number of hydrogen-bond acceptors (Lipinski definition) is 5. The number of benzene rings is 1. The lowest BCUT2D eigenvalue weighted by Gasteiger charge is -2.31. The Morgan fingerprint density at radius 3 is 2.85 bits per heavy atom. The van der Waals surface area contributed by atoms with Gasteiger partial charge >= 0.3 is 5.69 Å². The van der Waals surface area contributed by atoms with Crippen LogP contribution >= 0.6 is 0 Å². The van der Waals surface area contributed by atoms with Crippen molar-refractivity contribution in [3.63, 3.8) is 0 Å². The van der Waals surface area contributed by atoms with Crippen LogP contribution in [0, 0.1) is 5.92 Å². The van der Waals surface area contributed by atoms with Gasteiger partial charge in [0, 0.05) is 25.0 Å². The van der Waals surface area contributed by atoms with Crippen molar-refractivity contribution in [3.05, 3.63) is 53.1 Å². The van der Waals surface area contributed by atoms with Crippen molar-refractivity contribution in [2.24, 2.45) is 5.92 Å². The summed E-state index contributed by atoms with van der Waals surface area (Å²) in [6, 6.07) is 11.0. The molecule has 0 aliphatic carbocycles. The predicted molar refractivity (Wildman–Crippen MR) is 103 cm³/mol. The zero-order chi connectivity index (χ0) is 18.8. The number of rotatable bonds is 4. The van der Waals surface area contributed by atoms with Crippen molar-refractivity contribution >= 4 is 23.2 Å². The molecule has 1 atom stereocenters. The van der Waals surface area contributed by atoms with Gasteiger partial charge in [-0.1, -0.05) is 25.1 Å². The van der Waals surface area contributed by atoms with E-state index in [1.54, 1.807) is 18.3 Å². The highest BCUT2D eigenvalue weighted by molar-refractivity contribution is 5.90. The van der Waals surface area contributed by atoms with Gasteiger partial charge in [-0.05, 0) is 37.0 Å². The summed E-state index contributed by atoms with van der Waals surface area (Å²) < 4.78 is 2.51. The van der Waals surface area contributed by atoms with Crippen LogP contribution in [0.3, 0.4) is 0 Å². The minimum Gasteiger partial charge on any atom is -0.356 e. The van der Waals surface area contributed by atoms with Crippen LogP contribution in [-0.4, -0.2) is 38.2 Å². The Balaban J connectivity index is 1.54. The number of amides is 1. The van der Waals surface area contributed by atoms with E-state index >= 15 is 0 Å². The molecule has 2 aromatic heterocycles. The standard InChI is InChI=1S/C19H22N6O2/c1-14-6-5-10-23(12-14)16-9-11-24-18(21-16)22-25(19(24)27)13-17(26)20-15-7-3-2-4-8-15/h2-4,7-9,11,14H,5-6,10,12-13H2,1H3,(H,20,26). The smallest absolute Gasteiger partial charge is 0.352 e. The molecule has 0 radical (unpaired) electrons. The fourth-order valence-electron chi connectivity index (χ4n) is 3.43. The van der Waals surface area contributed by atoms with E-state index < -0.39 is 0 Å². The van der Waals surface area contributed by atoms with E-state index in [-0.39, 0.29) is 18.1 Å². The van der Waals surface area contributed by atoms with E-state index in [0.29, 0.717) is 17.4 Å². The maximum absolute atomic E-state index is 12.5.